The van der Waals surface area contributed by atoms with Crippen LogP contribution in [0.4, 0.5) is 0 Å². The number of carbonyl (C=O) groups is 1. The predicted octanol–water partition coefficient (Wildman–Crippen LogP) is 2.24. The molecule has 0 bridgehead atoms. The summed E-state index contributed by atoms with van der Waals surface area (Å²) in [5.41, 5.74) is -0.203. The molecule has 0 amide bonds. The highest BCUT2D eigenvalue weighted by atomic mass is 16.3. The Balaban J connectivity index is 2.08. The molecular formula is C20H30O4. The van der Waals surface area contributed by atoms with Crippen molar-refractivity contribution in [2.75, 3.05) is 13.2 Å². The van der Waals surface area contributed by atoms with Gasteiger partial charge in [0.2, 0.25) is 0 Å². The van der Waals surface area contributed by atoms with Crippen LogP contribution in [0.2, 0.25) is 0 Å². The van der Waals surface area contributed by atoms with E-state index in [0.717, 1.165) is 18.4 Å². The molecule has 0 heterocycles. The van der Waals surface area contributed by atoms with E-state index in [1.165, 1.54) is 0 Å². The number of aliphatic hydroxyl groups excluding tert-OH is 3. The largest absolute Gasteiger partial charge is 0.396 e. The fourth-order valence-electron chi connectivity index (χ4n) is 5.83. The molecule has 4 nitrogen and oxygen atoms in total. The van der Waals surface area contributed by atoms with Crippen LogP contribution in [0.5, 0.6) is 0 Å². The van der Waals surface area contributed by atoms with Gasteiger partial charge in [-0.1, -0.05) is 26.0 Å². The number of ketones is 1. The second kappa shape index (κ2) is 5.79. The van der Waals surface area contributed by atoms with Crippen LogP contribution in [0.15, 0.2) is 24.3 Å². The summed E-state index contributed by atoms with van der Waals surface area (Å²) in [6, 6.07) is 0. The van der Waals surface area contributed by atoms with Gasteiger partial charge in [-0.15, -0.1) is 6.58 Å². The molecule has 4 heteroatoms. The molecule has 0 saturated heterocycles. The molecule has 0 aromatic carbocycles. The van der Waals surface area contributed by atoms with E-state index in [0.29, 0.717) is 12.8 Å². The summed E-state index contributed by atoms with van der Waals surface area (Å²) in [6.07, 6.45) is 6.55. The first-order valence-corrected chi connectivity index (χ1v) is 9.01. The molecule has 134 valence electrons. The first-order valence-electron chi connectivity index (χ1n) is 9.01. The number of hydrogen-bond acceptors (Lipinski definition) is 4. The van der Waals surface area contributed by atoms with Crippen molar-refractivity contribution in [2.24, 2.45) is 28.1 Å². The Kier molecular flexibility index (Phi) is 4.30. The molecule has 5 atom stereocenters. The first-order chi connectivity index (χ1) is 11.2. The number of allylic oxidation sites excluding steroid dienone is 2. The zero-order valence-corrected chi connectivity index (χ0v) is 14.8. The highest BCUT2D eigenvalue weighted by Crippen LogP contribution is 2.63. The van der Waals surface area contributed by atoms with Gasteiger partial charge in [-0.3, -0.25) is 4.79 Å². The van der Waals surface area contributed by atoms with Crippen LogP contribution in [0.3, 0.4) is 0 Å². The van der Waals surface area contributed by atoms with E-state index >= 15 is 0 Å². The van der Waals surface area contributed by atoms with E-state index in [9.17, 15) is 20.1 Å². The van der Waals surface area contributed by atoms with Crippen molar-refractivity contribution in [3.8, 4) is 0 Å². The topological polar surface area (TPSA) is 77.8 Å². The van der Waals surface area contributed by atoms with Gasteiger partial charge in [-0.05, 0) is 42.1 Å². The lowest BCUT2D eigenvalue weighted by atomic mass is 9.44. The SMILES string of the molecule is C=C[C@@]1(C)C=C2[C@@H](CC1)[C@]1(C)CC(=O)CC(CO)(CO)[C@H]1C[C@@H]2O. The van der Waals surface area contributed by atoms with E-state index in [1.807, 2.05) is 6.08 Å². The molecule has 24 heavy (non-hydrogen) atoms. The van der Waals surface area contributed by atoms with Gasteiger partial charge in [0, 0.05) is 23.7 Å². The average Bonchev–Trinajstić information content (AvgIpc) is 2.56. The molecule has 0 radical (unpaired) electrons. The number of Topliss-reactive ketones (excluding diaryl/α,β-unsaturated/α-hetero) is 1. The van der Waals surface area contributed by atoms with Crippen LogP contribution < -0.4 is 0 Å². The monoisotopic (exact) mass is 334 g/mol. The van der Waals surface area contributed by atoms with Crippen molar-refractivity contribution in [3.05, 3.63) is 24.3 Å². The normalized spacial score (nSPS) is 44.3. The molecule has 0 unspecified atom stereocenters. The van der Waals surface area contributed by atoms with Crippen LogP contribution in [-0.4, -0.2) is 40.4 Å². The molecule has 0 aliphatic heterocycles. The van der Waals surface area contributed by atoms with Crippen molar-refractivity contribution >= 4 is 5.78 Å². The zero-order chi connectivity index (χ0) is 17.8. The number of aliphatic hydroxyl groups is 3. The quantitative estimate of drug-likeness (QED) is 0.692. The summed E-state index contributed by atoms with van der Waals surface area (Å²) < 4.78 is 0. The van der Waals surface area contributed by atoms with E-state index < -0.39 is 11.5 Å². The van der Waals surface area contributed by atoms with Crippen molar-refractivity contribution in [1.29, 1.82) is 0 Å². The number of fused-ring (bicyclic) bond motifs is 3. The van der Waals surface area contributed by atoms with Gasteiger partial charge in [0.05, 0.1) is 19.3 Å². The second-order valence-electron chi connectivity index (χ2n) is 8.83. The van der Waals surface area contributed by atoms with Crippen LogP contribution in [-0.2, 0) is 4.79 Å². The van der Waals surface area contributed by atoms with Crippen molar-refractivity contribution < 1.29 is 20.1 Å². The Bertz CT molecular complexity index is 576. The van der Waals surface area contributed by atoms with Crippen molar-refractivity contribution in [3.63, 3.8) is 0 Å². The fraction of sp³-hybridized carbons (Fsp3) is 0.750. The lowest BCUT2D eigenvalue weighted by molar-refractivity contribution is -0.160. The van der Waals surface area contributed by atoms with E-state index in [-0.39, 0.29) is 48.1 Å². The summed E-state index contributed by atoms with van der Waals surface area (Å²) in [4.78, 5) is 12.5. The summed E-state index contributed by atoms with van der Waals surface area (Å²) in [5.74, 6) is 0.189. The molecule has 2 saturated carbocycles. The van der Waals surface area contributed by atoms with E-state index in [2.05, 4.69) is 26.5 Å². The smallest absolute Gasteiger partial charge is 0.134 e. The van der Waals surface area contributed by atoms with Gasteiger partial charge in [-0.2, -0.15) is 0 Å². The van der Waals surface area contributed by atoms with E-state index in [1.54, 1.807) is 0 Å². The van der Waals surface area contributed by atoms with Crippen LogP contribution >= 0.6 is 0 Å². The van der Waals surface area contributed by atoms with Crippen molar-refractivity contribution in [2.45, 2.75) is 52.1 Å². The highest BCUT2D eigenvalue weighted by Gasteiger charge is 2.60. The van der Waals surface area contributed by atoms with Crippen LogP contribution in [0.25, 0.3) is 0 Å². The molecule has 3 aliphatic carbocycles. The maximum atomic E-state index is 12.5. The van der Waals surface area contributed by atoms with Gasteiger partial charge in [0.1, 0.15) is 5.78 Å². The highest BCUT2D eigenvalue weighted by molar-refractivity contribution is 5.81. The molecule has 3 rings (SSSR count). The maximum absolute atomic E-state index is 12.5. The molecule has 3 aliphatic rings. The average molecular weight is 334 g/mol. The molecule has 2 fully saturated rings. The summed E-state index contributed by atoms with van der Waals surface area (Å²) >= 11 is 0. The third kappa shape index (κ3) is 2.42. The summed E-state index contributed by atoms with van der Waals surface area (Å²) in [6.45, 7) is 7.76. The maximum Gasteiger partial charge on any atom is 0.134 e. The summed E-state index contributed by atoms with van der Waals surface area (Å²) in [7, 11) is 0. The second-order valence-corrected chi connectivity index (χ2v) is 8.83. The Morgan fingerprint density at radius 1 is 1.29 bits per heavy atom. The minimum Gasteiger partial charge on any atom is -0.396 e. The molecule has 0 aromatic rings. The zero-order valence-electron chi connectivity index (χ0n) is 14.8. The minimum atomic E-state index is -0.810. The van der Waals surface area contributed by atoms with E-state index in [4.69, 9.17) is 0 Å². The van der Waals surface area contributed by atoms with Gasteiger partial charge in [0.25, 0.3) is 0 Å². The fourth-order valence-corrected chi connectivity index (χ4v) is 5.83. The summed E-state index contributed by atoms with van der Waals surface area (Å²) in [5, 5.41) is 30.8. The standard InChI is InChI=1S/C20H30O4/c1-4-18(2)6-5-15-14(10-18)16(24)7-17-19(15,3)8-13(23)9-20(17,11-21)12-22/h4,10,15-17,21-22,24H,1,5-9,11-12H2,2-3H3/t15-,16+,17+,18-,19+/m1/s1. The number of rotatable bonds is 3. The molecule has 0 aromatic heterocycles. The Morgan fingerprint density at radius 3 is 2.54 bits per heavy atom. The predicted molar refractivity (Wildman–Crippen MR) is 92.2 cm³/mol. The number of carbonyl (C=O) groups excluding carboxylic acids is 1. The Hall–Kier alpha value is -0.970. The molecular weight excluding hydrogens is 304 g/mol. The third-order valence-corrected chi connectivity index (χ3v) is 7.27. The number of hydrogen-bond donors (Lipinski definition) is 3. The first kappa shape index (κ1) is 17.8. The lowest BCUT2D eigenvalue weighted by Crippen LogP contribution is -2.59. The third-order valence-electron chi connectivity index (χ3n) is 7.27. The Labute approximate surface area is 144 Å². The van der Waals surface area contributed by atoms with Gasteiger partial charge in [-0.25, -0.2) is 0 Å². The lowest BCUT2D eigenvalue weighted by Gasteiger charge is -2.60. The molecule has 3 N–H and O–H groups in total. The van der Waals surface area contributed by atoms with Crippen LogP contribution in [0, 0.1) is 28.1 Å². The van der Waals surface area contributed by atoms with Gasteiger partial charge in [0.15, 0.2) is 0 Å². The van der Waals surface area contributed by atoms with Gasteiger partial charge < -0.3 is 15.3 Å². The van der Waals surface area contributed by atoms with Crippen molar-refractivity contribution in [1.82, 2.24) is 0 Å². The minimum absolute atomic E-state index is 0.0528. The van der Waals surface area contributed by atoms with Crippen LogP contribution in [0.1, 0.15) is 46.0 Å². The van der Waals surface area contributed by atoms with Gasteiger partial charge >= 0.3 is 0 Å². The Morgan fingerprint density at radius 2 is 1.96 bits per heavy atom. The molecule has 0 spiro atoms.